The van der Waals surface area contributed by atoms with E-state index < -0.39 is 0 Å². The molecule has 0 fully saturated rings. The molecule has 94 valence electrons. The van der Waals surface area contributed by atoms with E-state index in [1.54, 1.807) is 6.20 Å². The third kappa shape index (κ3) is 2.67. The Balaban J connectivity index is 2.09. The number of hydrogen-bond donors (Lipinski definition) is 0. The Bertz CT molecular complexity index is 745. The van der Waals surface area contributed by atoms with Gasteiger partial charge in [-0.05, 0) is 59.0 Å². The molecule has 0 N–H and O–H groups in total. The van der Waals surface area contributed by atoms with Crippen LogP contribution in [0.4, 0.5) is 0 Å². The van der Waals surface area contributed by atoms with Crippen LogP contribution in [-0.4, -0.2) is 4.98 Å². The zero-order chi connectivity index (χ0) is 13.2. The minimum atomic E-state index is 0.673. The lowest BCUT2D eigenvalue weighted by atomic mass is 10.2. The summed E-state index contributed by atoms with van der Waals surface area (Å²) in [7, 11) is 0. The second-order valence-electron chi connectivity index (χ2n) is 4.00. The highest BCUT2D eigenvalue weighted by Crippen LogP contribution is 2.32. The summed E-state index contributed by atoms with van der Waals surface area (Å²) in [5.74, 6) is 1.62. The fourth-order valence-corrected chi connectivity index (χ4v) is 2.49. The van der Waals surface area contributed by atoms with Gasteiger partial charge in [0.05, 0.1) is 9.09 Å². The first-order valence-corrected chi connectivity index (χ1v) is 7.16. The summed E-state index contributed by atoms with van der Waals surface area (Å²) in [6, 6.07) is 15.4. The number of benzene rings is 2. The number of rotatable bonds is 2. The number of fused-ring (bicyclic) bond motifs is 1. The highest BCUT2D eigenvalue weighted by Gasteiger charge is 2.06. The molecule has 1 aromatic heterocycles. The number of nitrogens with zero attached hydrogens (tertiary/aromatic N) is 1. The topological polar surface area (TPSA) is 22.1 Å². The third-order valence-corrected chi connectivity index (χ3v) is 3.85. The normalized spacial score (nSPS) is 10.6. The van der Waals surface area contributed by atoms with E-state index in [-0.39, 0.29) is 0 Å². The monoisotopic (exact) mass is 381 g/mol. The molecule has 0 radical (unpaired) electrons. The van der Waals surface area contributed by atoms with Gasteiger partial charge in [0.25, 0.3) is 0 Å². The van der Waals surface area contributed by atoms with E-state index >= 15 is 0 Å². The second-order valence-corrected chi connectivity index (χ2v) is 5.60. The maximum atomic E-state index is 5.97. The van der Waals surface area contributed by atoms with Crippen molar-refractivity contribution in [2.45, 2.75) is 0 Å². The number of halogens is 2. The first-order chi connectivity index (χ1) is 9.24. The van der Waals surface area contributed by atoms with Crippen molar-refractivity contribution in [2.24, 2.45) is 0 Å². The van der Waals surface area contributed by atoms with Crippen molar-refractivity contribution in [2.75, 3.05) is 0 Å². The highest BCUT2D eigenvalue weighted by molar-refractivity contribution is 14.1. The predicted molar refractivity (Wildman–Crippen MR) is 86.0 cm³/mol. The summed E-state index contributed by atoms with van der Waals surface area (Å²) in [5, 5.41) is 1.62. The lowest BCUT2D eigenvalue weighted by molar-refractivity contribution is 0.484. The Hall–Kier alpha value is -1.33. The van der Waals surface area contributed by atoms with Crippen LogP contribution in [0.15, 0.2) is 54.7 Å². The van der Waals surface area contributed by atoms with Crippen LogP contribution >= 0.6 is 34.2 Å². The first-order valence-electron chi connectivity index (χ1n) is 5.71. The average Bonchev–Trinajstić information content (AvgIpc) is 2.41. The molecule has 0 bridgehead atoms. The van der Waals surface area contributed by atoms with Gasteiger partial charge >= 0.3 is 0 Å². The third-order valence-electron chi connectivity index (χ3n) is 2.72. The maximum Gasteiger partial charge on any atom is 0.140 e. The molecule has 0 unspecified atom stereocenters. The van der Waals surface area contributed by atoms with Gasteiger partial charge < -0.3 is 4.74 Å². The molecule has 0 spiro atoms. The van der Waals surface area contributed by atoms with Crippen LogP contribution in [0.1, 0.15) is 0 Å². The van der Waals surface area contributed by atoms with Crippen molar-refractivity contribution in [1.29, 1.82) is 0 Å². The molecule has 0 aliphatic rings. The molecule has 0 amide bonds. The van der Waals surface area contributed by atoms with Gasteiger partial charge in [-0.1, -0.05) is 23.7 Å². The summed E-state index contributed by atoms with van der Waals surface area (Å²) < 4.78 is 7.04. The molecule has 0 saturated carbocycles. The van der Waals surface area contributed by atoms with Gasteiger partial charge in [0.15, 0.2) is 0 Å². The smallest absolute Gasteiger partial charge is 0.140 e. The van der Waals surface area contributed by atoms with E-state index in [0.717, 1.165) is 26.0 Å². The summed E-state index contributed by atoms with van der Waals surface area (Å²) in [5.41, 5.74) is 0.830. The second kappa shape index (κ2) is 5.35. The van der Waals surface area contributed by atoms with Crippen molar-refractivity contribution in [3.63, 3.8) is 0 Å². The van der Waals surface area contributed by atoms with Crippen molar-refractivity contribution < 1.29 is 4.74 Å². The van der Waals surface area contributed by atoms with Crippen LogP contribution in [0.25, 0.3) is 10.9 Å². The number of aromatic nitrogens is 1. The van der Waals surface area contributed by atoms with Gasteiger partial charge in [-0.15, -0.1) is 0 Å². The van der Waals surface area contributed by atoms with E-state index in [1.165, 1.54) is 0 Å². The van der Waals surface area contributed by atoms with Crippen molar-refractivity contribution in [3.8, 4) is 11.5 Å². The molecular weight excluding hydrogens is 373 g/mol. The van der Waals surface area contributed by atoms with E-state index in [1.807, 2.05) is 48.5 Å². The minimum absolute atomic E-state index is 0.673. The first kappa shape index (κ1) is 12.7. The highest BCUT2D eigenvalue weighted by atomic mass is 127. The molecule has 2 aromatic carbocycles. The Morgan fingerprint density at radius 3 is 2.68 bits per heavy atom. The van der Waals surface area contributed by atoms with Gasteiger partial charge in [0.2, 0.25) is 0 Å². The SMILES string of the molecule is Clc1ccc2c(Oc3ccccc3I)ccnc2c1. The minimum Gasteiger partial charge on any atom is -0.455 e. The van der Waals surface area contributed by atoms with Crippen LogP contribution in [0.3, 0.4) is 0 Å². The van der Waals surface area contributed by atoms with Crippen LogP contribution in [0.5, 0.6) is 11.5 Å². The van der Waals surface area contributed by atoms with Crippen LogP contribution < -0.4 is 4.74 Å². The molecule has 0 atom stereocenters. The zero-order valence-electron chi connectivity index (χ0n) is 9.81. The van der Waals surface area contributed by atoms with Gasteiger partial charge in [-0.2, -0.15) is 0 Å². The van der Waals surface area contributed by atoms with E-state index in [0.29, 0.717) is 5.02 Å². The van der Waals surface area contributed by atoms with E-state index in [2.05, 4.69) is 27.6 Å². The molecule has 3 aromatic rings. The molecule has 1 heterocycles. The Kier molecular flexibility index (Phi) is 3.57. The van der Waals surface area contributed by atoms with Crippen molar-refractivity contribution in [3.05, 3.63) is 63.3 Å². The molecule has 4 heteroatoms. The molecule has 0 saturated heterocycles. The molecule has 3 rings (SSSR count). The van der Waals surface area contributed by atoms with Crippen molar-refractivity contribution in [1.82, 2.24) is 4.98 Å². The van der Waals surface area contributed by atoms with Gasteiger partial charge in [0.1, 0.15) is 11.5 Å². The standard InChI is InChI=1S/C15H9ClINO/c16-10-5-6-11-13(9-10)18-8-7-14(11)19-15-4-2-1-3-12(15)17/h1-9H. The van der Waals surface area contributed by atoms with Crippen molar-refractivity contribution >= 4 is 45.1 Å². The largest absolute Gasteiger partial charge is 0.455 e. The predicted octanol–water partition coefficient (Wildman–Crippen LogP) is 5.29. The lowest BCUT2D eigenvalue weighted by Crippen LogP contribution is -1.89. The maximum absolute atomic E-state index is 5.97. The fourth-order valence-electron chi connectivity index (χ4n) is 1.83. The quantitative estimate of drug-likeness (QED) is 0.563. The molecule has 0 aliphatic heterocycles. The molecule has 2 nitrogen and oxygen atoms in total. The fraction of sp³-hybridized carbons (Fsp3) is 0. The van der Waals surface area contributed by atoms with Gasteiger partial charge in [-0.3, -0.25) is 4.98 Å². The summed E-state index contributed by atoms with van der Waals surface area (Å²) in [4.78, 5) is 4.30. The van der Waals surface area contributed by atoms with E-state index in [4.69, 9.17) is 16.3 Å². The summed E-state index contributed by atoms with van der Waals surface area (Å²) >= 11 is 8.23. The number of ether oxygens (including phenoxy) is 1. The molecule has 0 aliphatic carbocycles. The number of para-hydroxylation sites is 1. The Labute approximate surface area is 129 Å². The van der Waals surface area contributed by atoms with Crippen LogP contribution in [0.2, 0.25) is 5.02 Å². The lowest BCUT2D eigenvalue weighted by Gasteiger charge is -2.10. The Morgan fingerprint density at radius 2 is 1.84 bits per heavy atom. The van der Waals surface area contributed by atoms with Gasteiger partial charge in [0, 0.05) is 16.6 Å². The van der Waals surface area contributed by atoms with Gasteiger partial charge in [-0.25, -0.2) is 0 Å². The number of hydrogen-bond acceptors (Lipinski definition) is 2. The summed E-state index contributed by atoms with van der Waals surface area (Å²) in [6.07, 6.45) is 1.73. The molecule has 19 heavy (non-hydrogen) atoms. The van der Waals surface area contributed by atoms with Crippen LogP contribution in [0, 0.1) is 3.57 Å². The molecular formula is C15H9ClINO. The number of pyridine rings is 1. The van der Waals surface area contributed by atoms with E-state index in [9.17, 15) is 0 Å². The van der Waals surface area contributed by atoms with Crippen LogP contribution in [-0.2, 0) is 0 Å². The summed E-state index contributed by atoms with van der Waals surface area (Å²) in [6.45, 7) is 0. The zero-order valence-corrected chi connectivity index (χ0v) is 12.7. The average molecular weight is 382 g/mol. The Morgan fingerprint density at radius 1 is 1.00 bits per heavy atom.